The average molecular weight is 428 g/mol. The van der Waals surface area contributed by atoms with Gasteiger partial charge in [-0.05, 0) is 5.41 Å². The summed E-state index contributed by atoms with van der Waals surface area (Å²) in [4.78, 5) is 37.3. The van der Waals surface area contributed by atoms with Gasteiger partial charge in [0.25, 0.3) is 5.91 Å². The average Bonchev–Trinajstić information content (AvgIpc) is 3.12. The van der Waals surface area contributed by atoms with Crippen molar-refractivity contribution in [2.24, 2.45) is 16.9 Å². The first-order valence-corrected chi connectivity index (χ1v) is 10.3. The van der Waals surface area contributed by atoms with E-state index in [0.717, 1.165) is 13.1 Å². The number of nitrogens with two attached hydrogens (primary N) is 2. The van der Waals surface area contributed by atoms with Gasteiger partial charge >= 0.3 is 6.03 Å². The Hall–Kier alpha value is -3.21. The van der Waals surface area contributed by atoms with Crippen molar-refractivity contribution in [1.82, 2.24) is 24.6 Å². The molecule has 0 aliphatic carbocycles. The maximum absolute atomic E-state index is 12.6. The highest BCUT2D eigenvalue weighted by Gasteiger charge is 2.43. The molecule has 0 aromatic carbocycles. The molecule has 4 N–H and O–H groups in total. The summed E-state index contributed by atoms with van der Waals surface area (Å²) in [6.45, 7) is 9.49. The largest absolute Gasteiger partial charge is 0.378 e. The van der Waals surface area contributed by atoms with Crippen LogP contribution in [-0.4, -0.2) is 69.4 Å². The second kappa shape index (κ2) is 7.80. The van der Waals surface area contributed by atoms with Gasteiger partial charge < -0.3 is 26.0 Å². The lowest BCUT2D eigenvalue weighted by molar-refractivity contribution is 0.0899. The summed E-state index contributed by atoms with van der Waals surface area (Å²) in [6, 6.07) is -0.987. The number of ether oxygens (including phenoxy) is 1. The number of morpholine rings is 1. The molecule has 3 amide bonds. The van der Waals surface area contributed by atoms with Crippen LogP contribution in [0.3, 0.4) is 0 Å². The Balaban J connectivity index is 1.79. The fraction of sp³-hybridized carbons (Fsp3) is 0.550. The maximum atomic E-state index is 12.6. The van der Waals surface area contributed by atoms with E-state index in [-0.39, 0.29) is 5.56 Å². The number of urea groups is 1. The van der Waals surface area contributed by atoms with Crippen molar-refractivity contribution in [2.75, 3.05) is 37.7 Å². The predicted octanol–water partition coefficient (Wildman–Crippen LogP) is 0.757. The smallest absolute Gasteiger partial charge is 0.315 e. The van der Waals surface area contributed by atoms with E-state index in [2.05, 4.69) is 15.1 Å². The van der Waals surface area contributed by atoms with Gasteiger partial charge in [-0.25, -0.2) is 14.8 Å². The predicted molar refractivity (Wildman–Crippen MR) is 113 cm³/mol. The molecule has 1 atom stereocenters. The minimum absolute atomic E-state index is 0.272. The number of anilines is 1. The molecule has 11 heteroatoms. The number of carbonyl (C=O) groups excluding carboxylic acids is 2. The van der Waals surface area contributed by atoms with Gasteiger partial charge in [-0.2, -0.15) is 5.10 Å². The molecule has 0 spiro atoms. The molecule has 2 aliphatic rings. The van der Waals surface area contributed by atoms with E-state index in [4.69, 9.17) is 16.2 Å². The maximum Gasteiger partial charge on any atom is 0.315 e. The molecule has 1 unspecified atom stereocenters. The number of amides is 3. The first-order chi connectivity index (χ1) is 14.7. The van der Waals surface area contributed by atoms with Crippen LogP contribution in [0.5, 0.6) is 0 Å². The van der Waals surface area contributed by atoms with E-state index in [0.29, 0.717) is 49.2 Å². The number of hydrogen-bond donors (Lipinski definition) is 2. The van der Waals surface area contributed by atoms with Crippen molar-refractivity contribution in [3.63, 3.8) is 0 Å². The Kier molecular flexibility index (Phi) is 5.29. The normalized spacial score (nSPS) is 19.3. The quantitative estimate of drug-likeness (QED) is 0.734. The second-order valence-electron chi connectivity index (χ2n) is 8.87. The molecule has 2 aromatic heterocycles. The minimum Gasteiger partial charge on any atom is -0.378 e. The zero-order chi connectivity index (χ0) is 22.3. The third-order valence-electron chi connectivity index (χ3n) is 5.67. The lowest BCUT2D eigenvalue weighted by atomic mass is 9.81. The Morgan fingerprint density at radius 3 is 2.26 bits per heavy atom. The molecule has 0 radical (unpaired) electrons. The lowest BCUT2D eigenvalue weighted by Gasteiger charge is -2.42. The molecule has 0 saturated carbocycles. The third kappa shape index (κ3) is 3.80. The molecule has 31 heavy (non-hydrogen) atoms. The van der Waals surface area contributed by atoms with Crippen LogP contribution in [0, 0.1) is 5.41 Å². The van der Waals surface area contributed by atoms with Crippen LogP contribution in [0.15, 0.2) is 12.4 Å². The summed E-state index contributed by atoms with van der Waals surface area (Å²) in [5.41, 5.74) is 12.9. The van der Waals surface area contributed by atoms with Crippen LogP contribution >= 0.6 is 0 Å². The van der Waals surface area contributed by atoms with Gasteiger partial charge in [0, 0.05) is 37.6 Å². The van der Waals surface area contributed by atoms with Crippen LogP contribution in [0.25, 0.3) is 11.3 Å². The van der Waals surface area contributed by atoms with Crippen molar-refractivity contribution in [3.8, 4) is 11.3 Å². The van der Waals surface area contributed by atoms with Crippen molar-refractivity contribution in [1.29, 1.82) is 0 Å². The number of primary amides is 2. The Morgan fingerprint density at radius 2 is 1.71 bits per heavy atom. The van der Waals surface area contributed by atoms with Crippen molar-refractivity contribution >= 4 is 17.9 Å². The number of hydrogen-bond acceptors (Lipinski definition) is 7. The van der Waals surface area contributed by atoms with Gasteiger partial charge in [0.1, 0.15) is 5.69 Å². The van der Waals surface area contributed by atoms with E-state index >= 15 is 0 Å². The highest BCUT2D eigenvalue weighted by atomic mass is 16.5. The van der Waals surface area contributed by atoms with E-state index < -0.39 is 23.4 Å². The molecule has 11 nitrogen and oxygen atoms in total. The number of nitrogens with zero attached hydrogens (tertiary/aromatic N) is 6. The fourth-order valence-corrected chi connectivity index (χ4v) is 4.33. The lowest BCUT2D eigenvalue weighted by Crippen LogP contribution is -2.49. The van der Waals surface area contributed by atoms with E-state index in [1.165, 1.54) is 0 Å². The first-order valence-electron chi connectivity index (χ1n) is 10.3. The molecule has 1 fully saturated rings. The SMILES string of the molecule is CC(C)(C)C1c2c(C(N)=O)c(-c3cnc(N4CCOCC4)nc3)nn2CCN1C(N)=O. The van der Waals surface area contributed by atoms with Gasteiger partial charge in [-0.15, -0.1) is 0 Å². The summed E-state index contributed by atoms with van der Waals surface area (Å²) in [6.07, 6.45) is 3.30. The van der Waals surface area contributed by atoms with E-state index in [1.54, 1.807) is 22.0 Å². The van der Waals surface area contributed by atoms with Crippen LogP contribution in [-0.2, 0) is 11.3 Å². The molecular formula is C20H28N8O3. The molecule has 4 rings (SSSR count). The van der Waals surface area contributed by atoms with E-state index in [1.807, 2.05) is 25.7 Å². The van der Waals surface area contributed by atoms with E-state index in [9.17, 15) is 9.59 Å². The highest BCUT2D eigenvalue weighted by Crippen LogP contribution is 2.43. The van der Waals surface area contributed by atoms with Gasteiger partial charge in [-0.3, -0.25) is 9.48 Å². The Morgan fingerprint density at radius 1 is 1.06 bits per heavy atom. The summed E-state index contributed by atoms with van der Waals surface area (Å²) < 4.78 is 7.12. The summed E-state index contributed by atoms with van der Waals surface area (Å²) >= 11 is 0. The molecule has 166 valence electrons. The monoisotopic (exact) mass is 428 g/mol. The number of fused-ring (bicyclic) bond motifs is 1. The van der Waals surface area contributed by atoms with Gasteiger partial charge in [0.05, 0.1) is 37.1 Å². The van der Waals surface area contributed by atoms with Gasteiger partial charge in [0.15, 0.2) is 0 Å². The topological polar surface area (TPSA) is 145 Å². The molecule has 2 aromatic rings. The zero-order valence-corrected chi connectivity index (χ0v) is 18.0. The van der Waals surface area contributed by atoms with Crippen molar-refractivity contribution in [2.45, 2.75) is 33.4 Å². The van der Waals surface area contributed by atoms with Gasteiger partial charge in [-0.1, -0.05) is 20.8 Å². The summed E-state index contributed by atoms with van der Waals surface area (Å²) in [5, 5.41) is 4.67. The van der Waals surface area contributed by atoms with Crippen LogP contribution < -0.4 is 16.4 Å². The molecule has 0 bridgehead atoms. The third-order valence-corrected chi connectivity index (χ3v) is 5.67. The first kappa shape index (κ1) is 21.0. The van der Waals surface area contributed by atoms with Crippen LogP contribution in [0.4, 0.5) is 10.7 Å². The van der Waals surface area contributed by atoms with Crippen molar-refractivity contribution in [3.05, 3.63) is 23.7 Å². The number of aromatic nitrogens is 4. The zero-order valence-electron chi connectivity index (χ0n) is 18.0. The standard InChI is InChI=1S/C20H28N8O3/c1-20(2,3)16-15-13(17(21)29)14(25-28(15)5-4-27(16)18(22)30)12-10-23-19(24-11-12)26-6-8-31-9-7-26/h10-11,16H,4-9H2,1-3H3,(H2,21,29)(H2,22,30). The van der Waals surface area contributed by atoms with Crippen molar-refractivity contribution < 1.29 is 14.3 Å². The summed E-state index contributed by atoms with van der Waals surface area (Å²) in [7, 11) is 0. The molecule has 4 heterocycles. The summed E-state index contributed by atoms with van der Waals surface area (Å²) in [5.74, 6) is -0.0156. The molecule has 1 saturated heterocycles. The second-order valence-corrected chi connectivity index (χ2v) is 8.87. The Labute approximate surface area is 180 Å². The molecule has 2 aliphatic heterocycles. The van der Waals surface area contributed by atoms with Gasteiger partial charge in [0.2, 0.25) is 5.95 Å². The minimum atomic E-state index is -0.617. The number of rotatable bonds is 3. The fourth-order valence-electron chi connectivity index (χ4n) is 4.33. The van der Waals surface area contributed by atoms with Crippen LogP contribution in [0.2, 0.25) is 0 Å². The molecular weight excluding hydrogens is 400 g/mol. The highest BCUT2D eigenvalue weighted by molar-refractivity contribution is 6.00. The number of carbonyl (C=O) groups is 2. The van der Waals surface area contributed by atoms with Crippen LogP contribution in [0.1, 0.15) is 42.9 Å². The Bertz CT molecular complexity index is 989.